The summed E-state index contributed by atoms with van der Waals surface area (Å²) in [7, 11) is 1.57. The number of anilines is 1. The molecule has 0 aliphatic rings. The van der Waals surface area contributed by atoms with Crippen LogP contribution in [0.3, 0.4) is 0 Å². The lowest BCUT2D eigenvalue weighted by Gasteiger charge is -2.08. The number of para-hydroxylation sites is 2. The van der Waals surface area contributed by atoms with E-state index in [1.165, 1.54) is 10.9 Å². The average Bonchev–Trinajstić information content (AvgIpc) is 3.09. The lowest BCUT2D eigenvalue weighted by molar-refractivity contribution is 0.0685. The second-order valence-electron chi connectivity index (χ2n) is 5.40. The van der Waals surface area contributed by atoms with Crippen LogP contribution < -0.4 is 5.32 Å². The van der Waals surface area contributed by atoms with Gasteiger partial charge in [-0.2, -0.15) is 5.10 Å². The van der Waals surface area contributed by atoms with Crippen molar-refractivity contribution in [2.45, 2.75) is 19.9 Å². The number of benzene rings is 1. The van der Waals surface area contributed by atoms with Crippen molar-refractivity contribution in [3.8, 4) is 0 Å². The van der Waals surface area contributed by atoms with Crippen molar-refractivity contribution in [1.82, 2.24) is 19.3 Å². The van der Waals surface area contributed by atoms with Gasteiger partial charge in [0.25, 0.3) is 5.91 Å². The number of nitrogens with zero attached hydrogens (tertiary/aromatic N) is 4. The lowest BCUT2D eigenvalue weighted by Crippen LogP contribution is -2.18. The minimum absolute atomic E-state index is 0.0000968. The third-order valence-electron chi connectivity index (χ3n) is 3.60. The summed E-state index contributed by atoms with van der Waals surface area (Å²) in [6.45, 7) is 2.72. The van der Waals surface area contributed by atoms with Gasteiger partial charge in [0.1, 0.15) is 0 Å². The number of imidazole rings is 1. The van der Waals surface area contributed by atoms with Crippen LogP contribution in [0.25, 0.3) is 11.0 Å². The molecule has 0 radical (unpaired) electrons. The molecule has 3 aromatic rings. The van der Waals surface area contributed by atoms with E-state index in [1.807, 2.05) is 35.8 Å². The molecule has 2 heterocycles. The molecule has 0 atom stereocenters. The monoisotopic (exact) mass is 327 g/mol. The highest BCUT2D eigenvalue weighted by Crippen LogP contribution is 2.21. The quantitative estimate of drug-likeness (QED) is 0.747. The number of hydrogen-bond acceptors (Lipinski definition) is 4. The summed E-state index contributed by atoms with van der Waals surface area (Å²) in [4.78, 5) is 28.2. The van der Waals surface area contributed by atoms with Gasteiger partial charge in [0.05, 0.1) is 16.6 Å². The fourth-order valence-corrected chi connectivity index (χ4v) is 2.60. The SMILES string of the molecule is CCCn1c(NC(=O)c2cn(C)nc2C(=O)O)nc2ccccc21. The summed E-state index contributed by atoms with van der Waals surface area (Å²) in [6.07, 6.45) is 2.25. The number of carboxylic acid groups (broad SMARTS) is 1. The molecule has 24 heavy (non-hydrogen) atoms. The van der Waals surface area contributed by atoms with Gasteiger partial charge in [-0.1, -0.05) is 19.1 Å². The molecule has 8 heteroatoms. The van der Waals surface area contributed by atoms with Gasteiger partial charge >= 0.3 is 5.97 Å². The number of aromatic carboxylic acids is 1. The second kappa shape index (κ2) is 6.15. The first kappa shape index (κ1) is 15.7. The third kappa shape index (κ3) is 2.73. The van der Waals surface area contributed by atoms with E-state index in [-0.39, 0.29) is 11.3 Å². The molecular formula is C16H17N5O3. The maximum absolute atomic E-state index is 12.5. The van der Waals surface area contributed by atoms with Crippen molar-refractivity contribution in [3.63, 3.8) is 0 Å². The van der Waals surface area contributed by atoms with Crippen LogP contribution in [0, 0.1) is 0 Å². The van der Waals surface area contributed by atoms with Crippen LogP contribution in [0.2, 0.25) is 0 Å². The van der Waals surface area contributed by atoms with Gasteiger partial charge in [-0.25, -0.2) is 9.78 Å². The third-order valence-corrected chi connectivity index (χ3v) is 3.60. The molecule has 124 valence electrons. The molecule has 2 aromatic heterocycles. The number of amides is 1. The van der Waals surface area contributed by atoms with E-state index < -0.39 is 11.9 Å². The van der Waals surface area contributed by atoms with E-state index in [1.54, 1.807) is 7.05 Å². The number of carboxylic acids is 1. The standard InChI is InChI=1S/C16H17N5O3/c1-3-8-21-12-7-5-4-6-11(12)17-16(21)18-14(22)10-9-20(2)19-13(10)15(23)24/h4-7,9H,3,8H2,1-2H3,(H,23,24)(H,17,18,22). The molecule has 3 rings (SSSR count). The summed E-state index contributed by atoms with van der Waals surface area (Å²) < 4.78 is 3.21. The van der Waals surface area contributed by atoms with E-state index in [4.69, 9.17) is 0 Å². The highest BCUT2D eigenvalue weighted by Gasteiger charge is 2.22. The first-order valence-electron chi connectivity index (χ1n) is 7.54. The van der Waals surface area contributed by atoms with Crippen molar-refractivity contribution in [1.29, 1.82) is 0 Å². The summed E-state index contributed by atoms with van der Waals surface area (Å²) in [6, 6.07) is 7.58. The highest BCUT2D eigenvalue weighted by atomic mass is 16.4. The average molecular weight is 327 g/mol. The molecule has 1 amide bonds. The molecule has 2 N–H and O–H groups in total. The minimum atomic E-state index is -1.25. The number of hydrogen-bond donors (Lipinski definition) is 2. The summed E-state index contributed by atoms with van der Waals surface area (Å²) in [5.41, 5.74) is 1.40. The van der Waals surface area contributed by atoms with Gasteiger partial charge in [0.15, 0.2) is 5.69 Å². The molecule has 0 aliphatic carbocycles. The zero-order chi connectivity index (χ0) is 17.3. The van der Waals surface area contributed by atoms with Crippen molar-refractivity contribution >= 4 is 28.9 Å². The number of nitrogens with one attached hydrogen (secondary N) is 1. The van der Waals surface area contributed by atoms with Gasteiger partial charge in [-0.3, -0.25) is 14.8 Å². The van der Waals surface area contributed by atoms with E-state index in [0.29, 0.717) is 12.5 Å². The number of aryl methyl sites for hydroxylation is 2. The highest BCUT2D eigenvalue weighted by molar-refractivity contribution is 6.09. The molecule has 0 fully saturated rings. The number of rotatable bonds is 5. The van der Waals surface area contributed by atoms with Gasteiger partial charge in [-0.05, 0) is 18.6 Å². The largest absolute Gasteiger partial charge is 0.476 e. The summed E-state index contributed by atoms with van der Waals surface area (Å²) in [5, 5.41) is 15.7. The number of carbonyl (C=O) groups excluding carboxylic acids is 1. The van der Waals surface area contributed by atoms with Gasteiger partial charge in [-0.15, -0.1) is 0 Å². The van der Waals surface area contributed by atoms with Crippen molar-refractivity contribution in [3.05, 3.63) is 41.7 Å². The Morgan fingerprint density at radius 1 is 1.29 bits per heavy atom. The maximum Gasteiger partial charge on any atom is 0.357 e. The molecule has 0 saturated heterocycles. The molecule has 0 bridgehead atoms. The zero-order valence-electron chi connectivity index (χ0n) is 13.4. The Bertz CT molecular complexity index is 925. The maximum atomic E-state index is 12.5. The van der Waals surface area contributed by atoms with Gasteiger partial charge in [0, 0.05) is 19.8 Å². The normalized spacial score (nSPS) is 10.9. The van der Waals surface area contributed by atoms with E-state index in [2.05, 4.69) is 15.4 Å². The summed E-state index contributed by atoms with van der Waals surface area (Å²) in [5.74, 6) is -1.40. The Kier molecular flexibility index (Phi) is 4.03. The number of carbonyl (C=O) groups is 2. The van der Waals surface area contributed by atoms with Crippen LogP contribution in [-0.4, -0.2) is 36.3 Å². The molecule has 0 spiro atoms. The van der Waals surface area contributed by atoms with Gasteiger partial charge < -0.3 is 9.67 Å². The second-order valence-corrected chi connectivity index (χ2v) is 5.40. The molecular weight excluding hydrogens is 310 g/mol. The van der Waals surface area contributed by atoms with Crippen LogP contribution in [-0.2, 0) is 13.6 Å². The Labute approximate surface area is 137 Å². The van der Waals surface area contributed by atoms with E-state index in [9.17, 15) is 14.7 Å². The Hall–Kier alpha value is -3.16. The smallest absolute Gasteiger partial charge is 0.357 e. The number of fused-ring (bicyclic) bond motifs is 1. The minimum Gasteiger partial charge on any atom is -0.476 e. The first-order chi connectivity index (χ1) is 11.5. The Morgan fingerprint density at radius 3 is 2.75 bits per heavy atom. The predicted octanol–water partition coefficient (Wildman–Crippen LogP) is 2.13. The van der Waals surface area contributed by atoms with Crippen LogP contribution in [0.1, 0.15) is 34.2 Å². The molecule has 1 aromatic carbocycles. The number of aromatic nitrogens is 4. The fraction of sp³-hybridized carbons (Fsp3) is 0.250. The van der Waals surface area contributed by atoms with Gasteiger partial charge in [0.2, 0.25) is 5.95 Å². The molecule has 0 unspecified atom stereocenters. The Balaban J connectivity index is 1.99. The molecule has 8 nitrogen and oxygen atoms in total. The first-order valence-corrected chi connectivity index (χ1v) is 7.54. The van der Waals surface area contributed by atoms with Crippen molar-refractivity contribution in [2.24, 2.45) is 7.05 Å². The van der Waals surface area contributed by atoms with Crippen LogP contribution >= 0.6 is 0 Å². The zero-order valence-corrected chi connectivity index (χ0v) is 13.4. The van der Waals surface area contributed by atoms with E-state index >= 15 is 0 Å². The topological polar surface area (TPSA) is 102 Å². The van der Waals surface area contributed by atoms with Crippen LogP contribution in [0.4, 0.5) is 5.95 Å². The predicted molar refractivity (Wildman–Crippen MR) is 88.1 cm³/mol. The lowest BCUT2D eigenvalue weighted by atomic mass is 10.2. The van der Waals surface area contributed by atoms with E-state index in [0.717, 1.165) is 17.5 Å². The van der Waals surface area contributed by atoms with Crippen molar-refractivity contribution in [2.75, 3.05) is 5.32 Å². The molecule has 0 saturated carbocycles. The Morgan fingerprint density at radius 2 is 2.04 bits per heavy atom. The van der Waals surface area contributed by atoms with Crippen LogP contribution in [0.15, 0.2) is 30.5 Å². The molecule has 0 aliphatic heterocycles. The van der Waals surface area contributed by atoms with Crippen molar-refractivity contribution < 1.29 is 14.7 Å². The summed E-state index contributed by atoms with van der Waals surface area (Å²) >= 11 is 0. The van der Waals surface area contributed by atoms with Crippen LogP contribution in [0.5, 0.6) is 0 Å². The fourth-order valence-electron chi connectivity index (χ4n) is 2.60.